The van der Waals surface area contributed by atoms with Crippen LogP contribution in [0.2, 0.25) is 0 Å². The lowest BCUT2D eigenvalue weighted by molar-refractivity contribution is -0.152. The highest BCUT2D eigenvalue weighted by Crippen LogP contribution is 2.67. The molecule has 0 radical (unpaired) electrons. The third-order valence-corrected chi connectivity index (χ3v) is 17.5. The lowest BCUT2D eigenvalue weighted by atomic mass is 9.47. The first-order chi connectivity index (χ1) is 32.6. The lowest BCUT2D eigenvalue weighted by Crippen LogP contribution is -2.51. The van der Waals surface area contributed by atoms with Crippen LogP contribution in [0.4, 0.5) is 0 Å². The Hall–Kier alpha value is -1.25. The summed E-state index contributed by atoms with van der Waals surface area (Å²) in [6.45, 7) is 26.2. The molecule has 8 unspecified atom stereocenters. The van der Waals surface area contributed by atoms with Gasteiger partial charge in [0.05, 0.1) is 39.1 Å². The minimum atomic E-state index is -0.0647. The van der Waals surface area contributed by atoms with E-state index in [9.17, 15) is 4.79 Å². The number of fused-ring (bicyclic) bond motifs is 5. The van der Waals surface area contributed by atoms with Gasteiger partial charge in [-0.1, -0.05) is 156 Å². The van der Waals surface area contributed by atoms with Crippen molar-refractivity contribution in [3.8, 4) is 0 Å². The van der Waals surface area contributed by atoms with Crippen molar-refractivity contribution in [1.82, 2.24) is 4.90 Å². The van der Waals surface area contributed by atoms with Crippen LogP contribution in [0.15, 0.2) is 23.8 Å². The fourth-order valence-electron chi connectivity index (χ4n) is 13.6. The first-order valence-corrected chi connectivity index (χ1v) is 29.2. The van der Waals surface area contributed by atoms with Crippen LogP contribution in [-0.4, -0.2) is 89.0 Å². The smallest absolute Gasteiger partial charge is 0.306 e. The van der Waals surface area contributed by atoms with Crippen molar-refractivity contribution in [1.29, 1.82) is 0 Å². The molecule has 67 heavy (non-hydrogen) atoms. The largest absolute Gasteiger partial charge is 0.462 e. The fraction of sp³-hybridized carbons (Fsp3) is 0.917. The van der Waals surface area contributed by atoms with E-state index < -0.39 is 0 Å². The van der Waals surface area contributed by atoms with Crippen molar-refractivity contribution in [2.45, 2.75) is 241 Å². The quantitative estimate of drug-likeness (QED) is 0.0362. The van der Waals surface area contributed by atoms with Gasteiger partial charge in [-0.05, 0) is 130 Å². The summed E-state index contributed by atoms with van der Waals surface area (Å²) in [6, 6.07) is 0. The van der Waals surface area contributed by atoms with E-state index >= 15 is 0 Å². The second-order valence-corrected chi connectivity index (χ2v) is 22.8. The number of nitrogens with zero attached hydrogens (tertiary/aromatic N) is 1. The molecule has 4 fully saturated rings. The van der Waals surface area contributed by atoms with Crippen LogP contribution in [0.5, 0.6) is 0 Å². The molecule has 5 rings (SSSR count). The second kappa shape index (κ2) is 33.4. The molecule has 0 aromatic heterocycles. The van der Waals surface area contributed by atoms with E-state index in [-0.39, 0.29) is 23.6 Å². The summed E-state index contributed by atoms with van der Waals surface area (Å²) < 4.78 is 30.2. The molecule has 7 heteroatoms. The molecular formula is C60H109NO6. The summed E-state index contributed by atoms with van der Waals surface area (Å²) in [5.74, 6) is 5.02. The van der Waals surface area contributed by atoms with Crippen LogP contribution in [0.25, 0.3) is 0 Å². The molecule has 390 valence electrons. The average Bonchev–Trinajstić information content (AvgIpc) is 3.69. The third kappa shape index (κ3) is 20.1. The zero-order valence-corrected chi connectivity index (χ0v) is 45.4. The Morgan fingerprint density at radius 3 is 2.16 bits per heavy atom. The Kier molecular flexibility index (Phi) is 29.1. The highest BCUT2D eigenvalue weighted by Gasteiger charge is 2.59. The molecule has 1 heterocycles. The van der Waals surface area contributed by atoms with E-state index in [4.69, 9.17) is 23.7 Å². The number of ether oxygens (including phenoxy) is 5. The van der Waals surface area contributed by atoms with Gasteiger partial charge in [-0.2, -0.15) is 0 Å². The van der Waals surface area contributed by atoms with Gasteiger partial charge in [-0.15, -0.1) is 0 Å². The number of allylic oxidation sites excluding steroid dienone is 3. The standard InChI is InChI=1S/C58H103NO6.C2H6/c1-7-8-9-10-11-12-13-14-15-16-17-18-19-20-21-22-38-63-46-51(45-59-36-40-62-41-37-59)64-43-42-61-39-24-27-56(60)65-50-32-34-57(5)49(44-50)28-29-52-54-31-30-53(48(4)26-23-25-47(2)3)58(54,6)35-33-55(52)57;1-2/h14-15,28,47-48,50-55H,7-13,16-27,29-46H2,1-6H3;1-2H3/b15-14-;/t48?,50?,51?,52?,53?,54-,55?,57?,58?;/m0./s1. The maximum absolute atomic E-state index is 13.0. The Labute approximate surface area is 414 Å². The van der Waals surface area contributed by atoms with E-state index in [1.807, 2.05) is 13.8 Å². The van der Waals surface area contributed by atoms with E-state index in [0.717, 1.165) is 101 Å². The Morgan fingerprint density at radius 2 is 1.45 bits per heavy atom. The van der Waals surface area contributed by atoms with E-state index in [1.54, 1.807) is 5.57 Å². The molecule has 0 bridgehead atoms. The first kappa shape index (κ1) is 58.3. The van der Waals surface area contributed by atoms with Gasteiger partial charge in [0, 0.05) is 45.7 Å². The van der Waals surface area contributed by atoms with Gasteiger partial charge in [0.25, 0.3) is 0 Å². The molecule has 5 aliphatic rings. The third-order valence-electron chi connectivity index (χ3n) is 17.5. The van der Waals surface area contributed by atoms with Crippen LogP contribution < -0.4 is 0 Å². The van der Waals surface area contributed by atoms with Gasteiger partial charge < -0.3 is 23.7 Å². The number of hydrogen-bond acceptors (Lipinski definition) is 7. The number of esters is 1. The highest BCUT2D eigenvalue weighted by atomic mass is 16.6. The number of hydrogen-bond donors (Lipinski definition) is 0. The molecule has 0 amide bonds. The van der Waals surface area contributed by atoms with Gasteiger partial charge in [0.2, 0.25) is 0 Å². The van der Waals surface area contributed by atoms with Crippen molar-refractivity contribution in [2.24, 2.45) is 46.3 Å². The lowest BCUT2D eigenvalue weighted by Gasteiger charge is -2.58. The second-order valence-electron chi connectivity index (χ2n) is 22.8. The molecule has 0 aromatic rings. The highest BCUT2D eigenvalue weighted by molar-refractivity contribution is 5.69. The van der Waals surface area contributed by atoms with E-state index in [0.29, 0.717) is 44.7 Å². The predicted octanol–water partition coefficient (Wildman–Crippen LogP) is 15.5. The average molecular weight is 941 g/mol. The monoisotopic (exact) mass is 940 g/mol. The van der Waals surface area contributed by atoms with Gasteiger partial charge >= 0.3 is 5.97 Å². The van der Waals surface area contributed by atoms with E-state index in [2.05, 4.69) is 64.7 Å². The van der Waals surface area contributed by atoms with Gasteiger partial charge in [-0.3, -0.25) is 9.69 Å². The van der Waals surface area contributed by atoms with Crippen molar-refractivity contribution in [3.05, 3.63) is 23.8 Å². The Bertz CT molecular complexity index is 1340. The zero-order valence-electron chi connectivity index (χ0n) is 45.4. The molecule has 0 spiro atoms. The van der Waals surface area contributed by atoms with Gasteiger partial charge in [-0.25, -0.2) is 0 Å². The topological polar surface area (TPSA) is 66.5 Å². The maximum atomic E-state index is 13.0. The number of unbranched alkanes of at least 4 members (excludes halogenated alkanes) is 12. The predicted molar refractivity (Wildman–Crippen MR) is 282 cm³/mol. The van der Waals surface area contributed by atoms with E-state index in [1.165, 1.54) is 135 Å². The minimum Gasteiger partial charge on any atom is -0.462 e. The molecule has 9 atom stereocenters. The minimum absolute atomic E-state index is 0.0229. The number of carbonyl (C=O) groups is 1. The number of carbonyl (C=O) groups excluding carboxylic acids is 1. The maximum Gasteiger partial charge on any atom is 0.306 e. The number of rotatable bonds is 34. The molecule has 1 saturated heterocycles. The molecule has 0 N–H and O–H groups in total. The summed E-state index contributed by atoms with van der Waals surface area (Å²) >= 11 is 0. The Balaban J connectivity index is 0.00000483. The number of morpholine rings is 1. The fourth-order valence-corrected chi connectivity index (χ4v) is 13.6. The van der Waals surface area contributed by atoms with Gasteiger partial charge in [0.1, 0.15) is 6.10 Å². The van der Waals surface area contributed by atoms with Crippen molar-refractivity contribution in [2.75, 3.05) is 65.9 Å². The van der Waals surface area contributed by atoms with Crippen LogP contribution in [0.1, 0.15) is 229 Å². The van der Waals surface area contributed by atoms with Crippen LogP contribution in [0, 0.1) is 46.3 Å². The molecular weight excluding hydrogens is 831 g/mol. The SMILES string of the molecule is CC.CCCCCCCC/C=C\CCCCCCCCOCC(CN1CCOCC1)OCCOCCCC(=O)OC1CCC2(C)C(=CCC3C2CCC2(C)C(C(C)CCCC(C)C)CC[C@@H]32)C1. The summed E-state index contributed by atoms with van der Waals surface area (Å²) in [7, 11) is 0. The molecule has 0 aromatic carbocycles. The molecule has 4 aliphatic carbocycles. The van der Waals surface area contributed by atoms with Crippen LogP contribution >= 0.6 is 0 Å². The normalized spacial score (nSPS) is 28.3. The van der Waals surface area contributed by atoms with Crippen molar-refractivity contribution >= 4 is 5.97 Å². The summed E-state index contributed by atoms with van der Waals surface area (Å²) in [4.78, 5) is 15.5. The van der Waals surface area contributed by atoms with Gasteiger partial charge in [0.15, 0.2) is 0 Å². The van der Waals surface area contributed by atoms with Crippen molar-refractivity contribution in [3.63, 3.8) is 0 Å². The molecule has 7 nitrogen and oxygen atoms in total. The van der Waals surface area contributed by atoms with Crippen LogP contribution in [-0.2, 0) is 28.5 Å². The Morgan fingerprint density at radius 1 is 0.761 bits per heavy atom. The first-order valence-electron chi connectivity index (χ1n) is 29.2. The summed E-state index contributed by atoms with van der Waals surface area (Å²) in [5, 5.41) is 0. The summed E-state index contributed by atoms with van der Waals surface area (Å²) in [6.07, 6.45) is 41.2. The molecule has 3 saturated carbocycles. The zero-order chi connectivity index (χ0) is 48.2. The van der Waals surface area contributed by atoms with Crippen LogP contribution in [0.3, 0.4) is 0 Å². The molecule has 1 aliphatic heterocycles. The summed E-state index contributed by atoms with van der Waals surface area (Å²) in [5.41, 5.74) is 2.40. The van der Waals surface area contributed by atoms with Crippen molar-refractivity contribution < 1.29 is 28.5 Å².